The highest BCUT2D eigenvalue weighted by Gasteiger charge is 2.29. The monoisotopic (exact) mass is 672 g/mol. The number of anilines is 2. The van der Waals surface area contributed by atoms with Gasteiger partial charge in [-0.3, -0.25) is 9.10 Å². The lowest BCUT2D eigenvalue weighted by Gasteiger charge is -2.30. The molecule has 242 valence electrons. The summed E-state index contributed by atoms with van der Waals surface area (Å²) < 4.78 is 51.4. The molecule has 0 bridgehead atoms. The van der Waals surface area contributed by atoms with Gasteiger partial charge in [0.1, 0.15) is 5.75 Å². The summed E-state index contributed by atoms with van der Waals surface area (Å²) in [6, 6.07) is 22.2. The highest BCUT2D eigenvalue weighted by atomic mass is 32.2. The van der Waals surface area contributed by atoms with Crippen molar-refractivity contribution in [3.63, 3.8) is 0 Å². The first kappa shape index (κ1) is 31.8. The van der Waals surface area contributed by atoms with Crippen LogP contribution in [0.3, 0.4) is 0 Å². The molecule has 0 fully saturated rings. The molecule has 1 aromatic heterocycles. The van der Waals surface area contributed by atoms with Crippen molar-refractivity contribution in [2.45, 2.75) is 17.7 Å². The minimum Gasteiger partial charge on any atom is -0.497 e. The van der Waals surface area contributed by atoms with Crippen molar-refractivity contribution >= 4 is 54.5 Å². The number of benzene rings is 4. The summed E-state index contributed by atoms with van der Waals surface area (Å²) >= 11 is 1.26. The second-order valence-corrected chi connectivity index (χ2v) is 13.4. The van der Waals surface area contributed by atoms with E-state index in [4.69, 9.17) is 18.9 Å². The van der Waals surface area contributed by atoms with Gasteiger partial charge in [-0.2, -0.15) is 10.1 Å². The first-order valence-electron chi connectivity index (χ1n) is 14.6. The molecule has 11 nitrogen and oxygen atoms in total. The normalized spacial score (nSPS) is 13.0. The molecule has 0 saturated heterocycles. The second-order valence-electron chi connectivity index (χ2n) is 10.5. The van der Waals surface area contributed by atoms with Crippen LogP contribution in [0.5, 0.6) is 23.0 Å². The lowest BCUT2D eigenvalue weighted by atomic mass is 10.0. The van der Waals surface area contributed by atoms with E-state index in [9.17, 15) is 13.2 Å². The number of sulfonamides is 1. The minimum atomic E-state index is -3.86. The summed E-state index contributed by atoms with van der Waals surface area (Å²) in [7, 11) is 2.26. The van der Waals surface area contributed by atoms with Crippen molar-refractivity contribution in [1.29, 1.82) is 0 Å². The number of thiazole rings is 1. The van der Waals surface area contributed by atoms with E-state index in [0.29, 0.717) is 51.4 Å². The topological polar surface area (TPSA) is 120 Å². The number of amides is 1. The molecule has 4 aromatic carbocycles. The highest BCUT2D eigenvalue weighted by Crippen LogP contribution is 2.38. The summed E-state index contributed by atoms with van der Waals surface area (Å²) in [6.45, 7) is 0.381. The van der Waals surface area contributed by atoms with Crippen LogP contribution in [-0.4, -0.2) is 60.5 Å². The number of carbonyl (C=O) groups is 1. The predicted octanol–water partition coefficient (Wildman–Crippen LogP) is 6.15. The van der Waals surface area contributed by atoms with Crippen molar-refractivity contribution in [2.24, 2.45) is 5.10 Å². The van der Waals surface area contributed by atoms with Gasteiger partial charge in [-0.05, 0) is 79.1 Å². The van der Waals surface area contributed by atoms with E-state index in [2.05, 4.69) is 10.1 Å². The number of methoxy groups -OCH3 is 4. The molecule has 1 aliphatic heterocycles. The van der Waals surface area contributed by atoms with Crippen molar-refractivity contribution in [1.82, 2.24) is 4.98 Å². The smallest absolute Gasteiger partial charge is 0.280 e. The lowest BCUT2D eigenvalue weighted by Crippen LogP contribution is -2.35. The minimum absolute atomic E-state index is 0.0882. The summed E-state index contributed by atoms with van der Waals surface area (Å²) in [6.07, 6.45) is 3.03. The Balaban J connectivity index is 1.36. The van der Waals surface area contributed by atoms with Crippen molar-refractivity contribution in [3.05, 3.63) is 95.6 Å². The Morgan fingerprint density at radius 3 is 2.32 bits per heavy atom. The number of carbonyl (C=O) groups excluding carboxylic acids is 1. The molecular formula is C34H32N4O7S2. The molecule has 13 heteroatoms. The van der Waals surface area contributed by atoms with Crippen LogP contribution in [0.15, 0.2) is 88.9 Å². The highest BCUT2D eigenvalue weighted by molar-refractivity contribution is 7.92. The molecule has 0 atom stereocenters. The van der Waals surface area contributed by atoms with Gasteiger partial charge in [0, 0.05) is 17.7 Å². The van der Waals surface area contributed by atoms with Gasteiger partial charge in [-0.15, -0.1) is 0 Å². The zero-order valence-electron chi connectivity index (χ0n) is 26.2. The van der Waals surface area contributed by atoms with Crippen LogP contribution in [0.25, 0.3) is 10.2 Å². The van der Waals surface area contributed by atoms with Gasteiger partial charge < -0.3 is 18.9 Å². The Bertz CT molecular complexity index is 2050. The average molecular weight is 673 g/mol. The number of hydrogen-bond acceptors (Lipinski definition) is 10. The Morgan fingerprint density at radius 2 is 1.64 bits per heavy atom. The molecule has 2 heterocycles. The van der Waals surface area contributed by atoms with E-state index in [1.54, 1.807) is 31.4 Å². The number of para-hydroxylation sites is 1. The van der Waals surface area contributed by atoms with Gasteiger partial charge in [-0.1, -0.05) is 29.5 Å². The standard InChI is InChI=1S/C34H32N4O7S2/c1-42-25-13-16-27-31(20-25)46-34(36-27)38(35-21-22-18-29(43-2)32(45-4)30(19-22)44-3)33(39)24-11-14-26(15-12-24)47(40,41)37-17-7-9-23-8-5-6-10-28(23)37/h5-6,8,10-16,18-21H,7,9,17H2,1-4H3/b35-21+. The fraction of sp³-hybridized carbons (Fsp3) is 0.206. The van der Waals surface area contributed by atoms with E-state index in [0.717, 1.165) is 23.1 Å². The molecule has 47 heavy (non-hydrogen) atoms. The average Bonchev–Trinajstić information content (AvgIpc) is 3.53. The fourth-order valence-electron chi connectivity index (χ4n) is 5.37. The lowest BCUT2D eigenvalue weighted by molar-refractivity contribution is 0.0987. The third-order valence-electron chi connectivity index (χ3n) is 7.72. The van der Waals surface area contributed by atoms with E-state index < -0.39 is 15.9 Å². The van der Waals surface area contributed by atoms with Crippen molar-refractivity contribution < 1.29 is 32.2 Å². The van der Waals surface area contributed by atoms with Gasteiger partial charge >= 0.3 is 0 Å². The fourth-order valence-corrected chi connectivity index (χ4v) is 7.86. The molecule has 5 aromatic rings. The molecule has 0 aliphatic carbocycles. The van der Waals surface area contributed by atoms with Crippen LogP contribution in [-0.2, 0) is 16.4 Å². The number of nitrogens with zero attached hydrogens (tertiary/aromatic N) is 4. The van der Waals surface area contributed by atoms with E-state index in [1.807, 2.05) is 30.3 Å². The number of aromatic nitrogens is 1. The largest absolute Gasteiger partial charge is 0.497 e. The number of rotatable bonds is 10. The zero-order chi connectivity index (χ0) is 33.1. The summed E-state index contributed by atoms with van der Waals surface area (Å²) in [5, 5.41) is 6.05. The Hall–Kier alpha value is -5.14. The van der Waals surface area contributed by atoms with E-state index in [-0.39, 0.29) is 10.5 Å². The van der Waals surface area contributed by atoms with Gasteiger partial charge in [0.05, 0.1) is 55.5 Å². The SMILES string of the molecule is COc1ccc2nc(N(/N=C/c3cc(OC)c(OC)c(OC)c3)C(=O)c3ccc(S(=O)(=O)N4CCCc5ccccc54)cc3)sc2c1. The molecule has 0 spiro atoms. The first-order valence-corrected chi connectivity index (χ1v) is 16.9. The van der Waals surface area contributed by atoms with Crippen molar-refractivity contribution in [2.75, 3.05) is 44.3 Å². The summed E-state index contributed by atoms with van der Waals surface area (Å²) in [5.74, 6) is 1.41. The maximum absolute atomic E-state index is 14.1. The maximum Gasteiger partial charge on any atom is 0.280 e. The second kappa shape index (κ2) is 13.3. The number of ether oxygens (including phenoxy) is 4. The van der Waals surface area contributed by atoms with E-state index >= 15 is 0 Å². The van der Waals surface area contributed by atoms with Crippen LogP contribution in [0.2, 0.25) is 0 Å². The van der Waals surface area contributed by atoms with Crippen LogP contribution in [0.4, 0.5) is 10.8 Å². The molecule has 0 radical (unpaired) electrons. The summed E-state index contributed by atoms with van der Waals surface area (Å²) in [5.41, 5.74) is 3.13. The van der Waals surface area contributed by atoms with E-state index in [1.165, 1.54) is 72.5 Å². The molecular weight excluding hydrogens is 641 g/mol. The van der Waals surface area contributed by atoms with Gasteiger partial charge in [0.25, 0.3) is 15.9 Å². The molecule has 1 aliphatic rings. The molecule has 0 N–H and O–H groups in total. The zero-order valence-corrected chi connectivity index (χ0v) is 27.8. The molecule has 1 amide bonds. The number of fused-ring (bicyclic) bond motifs is 2. The number of hydrogen-bond donors (Lipinski definition) is 0. The number of aryl methyl sites for hydroxylation is 1. The third kappa shape index (κ3) is 6.19. The Labute approximate surface area is 276 Å². The first-order chi connectivity index (χ1) is 22.8. The maximum atomic E-state index is 14.1. The van der Waals surface area contributed by atoms with Gasteiger partial charge in [-0.25, -0.2) is 13.4 Å². The van der Waals surface area contributed by atoms with Crippen molar-refractivity contribution in [3.8, 4) is 23.0 Å². The Morgan fingerprint density at radius 1 is 0.915 bits per heavy atom. The third-order valence-corrected chi connectivity index (χ3v) is 10.5. The van der Waals surface area contributed by atoms with Crippen LogP contribution >= 0.6 is 11.3 Å². The summed E-state index contributed by atoms with van der Waals surface area (Å²) in [4.78, 5) is 18.8. The molecule has 6 rings (SSSR count). The van der Waals surface area contributed by atoms with Crippen LogP contribution < -0.4 is 28.3 Å². The molecule has 0 saturated carbocycles. The van der Waals surface area contributed by atoms with Gasteiger partial charge in [0.2, 0.25) is 10.9 Å². The van der Waals surface area contributed by atoms with Gasteiger partial charge in [0.15, 0.2) is 11.5 Å². The van der Waals surface area contributed by atoms with Crippen LogP contribution in [0, 0.1) is 0 Å². The predicted molar refractivity (Wildman–Crippen MR) is 182 cm³/mol. The molecule has 0 unspecified atom stereocenters. The van der Waals surface area contributed by atoms with Crippen LogP contribution in [0.1, 0.15) is 27.9 Å². The quantitative estimate of drug-likeness (QED) is 0.128. The Kier molecular flexibility index (Phi) is 9.01. The number of hydrazone groups is 1.